The van der Waals surface area contributed by atoms with Crippen molar-refractivity contribution in [2.75, 3.05) is 0 Å². The van der Waals surface area contributed by atoms with E-state index in [1.807, 2.05) is 37.3 Å². The van der Waals surface area contributed by atoms with Crippen LogP contribution in [0.1, 0.15) is 37.1 Å². The molecule has 0 aliphatic carbocycles. The monoisotopic (exact) mass is 354 g/mol. The predicted octanol–water partition coefficient (Wildman–Crippen LogP) is 4.18. The molecule has 0 amide bonds. The molecule has 0 spiro atoms. The standard InChI is InChI=1S/C21H23FN2O2/c1-14-3-10-18(11-4-14)24-20(16-6-8-17(22)9-7-16)13-19(23-24)21(26)12-5-15(2)25/h3-4,6-11,13,15,21,25-26H,5,12H2,1-2H3. The van der Waals surface area contributed by atoms with Crippen LogP contribution < -0.4 is 0 Å². The van der Waals surface area contributed by atoms with E-state index in [2.05, 4.69) is 5.10 Å². The first-order valence-electron chi connectivity index (χ1n) is 8.73. The lowest BCUT2D eigenvalue weighted by Gasteiger charge is -2.09. The average Bonchev–Trinajstić information content (AvgIpc) is 3.06. The molecule has 0 saturated heterocycles. The second-order valence-corrected chi connectivity index (χ2v) is 6.65. The molecule has 136 valence electrons. The molecule has 3 aromatic rings. The Labute approximate surface area is 152 Å². The molecule has 0 radical (unpaired) electrons. The zero-order valence-electron chi connectivity index (χ0n) is 14.9. The Morgan fingerprint density at radius 1 is 1.00 bits per heavy atom. The third-order valence-corrected chi connectivity index (χ3v) is 4.35. The molecule has 26 heavy (non-hydrogen) atoms. The molecule has 2 N–H and O–H groups in total. The number of aliphatic hydroxyl groups excluding tert-OH is 2. The molecule has 0 aliphatic heterocycles. The van der Waals surface area contributed by atoms with Gasteiger partial charge in [0.05, 0.1) is 29.3 Å². The van der Waals surface area contributed by atoms with Crippen molar-refractivity contribution in [2.24, 2.45) is 0 Å². The lowest BCUT2D eigenvalue weighted by atomic mass is 10.1. The van der Waals surface area contributed by atoms with Gasteiger partial charge in [-0.3, -0.25) is 0 Å². The third kappa shape index (κ3) is 4.18. The minimum atomic E-state index is -0.768. The van der Waals surface area contributed by atoms with Crippen LogP contribution in [0.25, 0.3) is 16.9 Å². The minimum Gasteiger partial charge on any atom is -0.393 e. The molecule has 0 aliphatic rings. The average molecular weight is 354 g/mol. The molecular weight excluding hydrogens is 331 g/mol. The number of aliphatic hydroxyl groups is 2. The van der Waals surface area contributed by atoms with Crippen LogP contribution in [0.2, 0.25) is 0 Å². The van der Waals surface area contributed by atoms with Gasteiger partial charge in [-0.2, -0.15) is 5.10 Å². The van der Waals surface area contributed by atoms with Crippen LogP contribution in [0, 0.1) is 12.7 Å². The highest BCUT2D eigenvalue weighted by Crippen LogP contribution is 2.28. The largest absolute Gasteiger partial charge is 0.393 e. The van der Waals surface area contributed by atoms with E-state index in [1.54, 1.807) is 23.7 Å². The van der Waals surface area contributed by atoms with Crippen molar-refractivity contribution in [2.45, 2.75) is 38.9 Å². The van der Waals surface area contributed by atoms with Crippen LogP contribution in [0.5, 0.6) is 0 Å². The minimum absolute atomic E-state index is 0.299. The molecular formula is C21H23FN2O2. The second-order valence-electron chi connectivity index (χ2n) is 6.65. The van der Waals surface area contributed by atoms with Gasteiger partial charge in [-0.1, -0.05) is 17.7 Å². The molecule has 1 heterocycles. The van der Waals surface area contributed by atoms with E-state index >= 15 is 0 Å². The maximum Gasteiger partial charge on any atom is 0.123 e. The SMILES string of the molecule is Cc1ccc(-n2nc(C(O)CCC(C)O)cc2-c2ccc(F)cc2)cc1. The highest BCUT2D eigenvalue weighted by atomic mass is 19.1. The Bertz CT molecular complexity index is 792. The van der Waals surface area contributed by atoms with Gasteiger partial charge in [-0.05, 0) is 69.2 Å². The van der Waals surface area contributed by atoms with Crippen LogP contribution >= 0.6 is 0 Å². The predicted molar refractivity (Wildman–Crippen MR) is 99.6 cm³/mol. The van der Waals surface area contributed by atoms with Crippen LogP contribution in [0.15, 0.2) is 54.6 Å². The summed E-state index contributed by atoms with van der Waals surface area (Å²) in [6.07, 6.45) is -0.327. The quantitative estimate of drug-likeness (QED) is 0.698. The lowest BCUT2D eigenvalue weighted by molar-refractivity contribution is 0.120. The fourth-order valence-electron chi connectivity index (χ4n) is 2.82. The van der Waals surface area contributed by atoms with Crippen molar-refractivity contribution in [3.05, 3.63) is 71.7 Å². The summed E-state index contributed by atoms with van der Waals surface area (Å²) in [6.45, 7) is 3.71. The van der Waals surface area contributed by atoms with Crippen molar-refractivity contribution in [3.63, 3.8) is 0 Å². The number of aryl methyl sites for hydroxylation is 1. The van der Waals surface area contributed by atoms with Gasteiger partial charge in [-0.15, -0.1) is 0 Å². The first-order valence-corrected chi connectivity index (χ1v) is 8.73. The Hall–Kier alpha value is -2.50. The normalized spacial score (nSPS) is 13.6. The Kier molecular flexibility index (Phi) is 5.49. The number of hydrogen-bond donors (Lipinski definition) is 2. The highest BCUT2D eigenvalue weighted by Gasteiger charge is 2.18. The summed E-state index contributed by atoms with van der Waals surface area (Å²) in [7, 11) is 0. The fraction of sp³-hybridized carbons (Fsp3) is 0.286. The molecule has 2 unspecified atom stereocenters. The summed E-state index contributed by atoms with van der Waals surface area (Å²) in [5, 5.41) is 24.5. The molecule has 2 atom stereocenters. The first-order chi connectivity index (χ1) is 12.4. The topological polar surface area (TPSA) is 58.3 Å². The molecule has 5 heteroatoms. The molecule has 0 fully saturated rings. The molecule has 0 saturated carbocycles. The van der Waals surface area contributed by atoms with Crippen LogP contribution in [0.4, 0.5) is 4.39 Å². The number of benzene rings is 2. The summed E-state index contributed by atoms with van der Waals surface area (Å²) >= 11 is 0. The maximum absolute atomic E-state index is 13.3. The van der Waals surface area contributed by atoms with Crippen molar-refractivity contribution in [3.8, 4) is 16.9 Å². The van der Waals surface area contributed by atoms with E-state index in [4.69, 9.17) is 0 Å². The van der Waals surface area contributed by atoms with E-state index in [0.29, 0.717) is 18.5 Å². The molecule has 0 bridgehead atoms. The van der Waals surface area contributed by atoms with E-state index in [1.165, 1.54) is 12.1 Å². The van der Waals surface area contributed by atoms with Crippen LogP contribution in [-0.2, 0) is 0 Å². The smallest absolute Gasteiger partial charge is 0.123 e. The van der Waals surface area contributed by atoms with Crippen molar-refractivity contribution in [1.29, 1.82) is 0 Å². The van der Waals surface area contributed by atoms with E-state index in [0.717, 1.165) is 22.5 Å². The summed E-state index contributed by atoms with van der Waals surface area (Å²) in [5.74, 6) is -0.299. The van der Waals surface area contributed by atoms with E-state index in [-0.39, 0.29) is 5.82 Å². The second kappa shape index (κ2) is 7.81. The van der Waals surface area contributed by atoms with Crippen molar-refractivity contribution < 1.29 is 14.6 Å². The van der Waals surface area contributed by atoms with E-state index in [9.17, 15) is 14.6 Å². The zero-order chi connectivity index (χ0) is 18.7. The van der Waals surface area contributed by atoms with Gasteiger partial charge in [0.1, 0.15) is 5.82 Å². The number of aromatic nitrogens is 2. The van der Waals surface area contributed by atoms with Gasteiger partial charge in [0.25, 0.3) is 0 Å². The Morgan fingerprint density at radius 2 is 1.65 bits per heavy atom. The van der Waals surface area contributed by atoms with Gasteiger partial charge in [-0.25, -0.2) is 9.07 Å². The summed E-state index contributed by atoms with van der Waals surface area (Å²) in [6, 6.07) is 15.9. The lowest BCUT2D eigenvalue weighted by Crippen LogP contribution is -2.06. The molecule has 4 nitrogen and oxygen atoms in total. The summed E-state index contributed by atoms with van der Waals surface area (Å²) < 4.78 is 15.1. The fourth-order valence-corrected chi connectivity index (χ4v) is 2.82. The zero-order valence-corrected chi connectivity index (χ0v) is 14.9. The van der Waals surface area contributed by atoms with Gasteiger partial charge >= 0.3 is 0 Å². The third-order valence-electron chi connectivity index (χ3n) is 4.35. The maximum atomic E-state index is 13.3. The highest BCUT2D eigenvalue weighted by molar-refractivity contribution is 5.63. The number of nitrogens with zero attached hydrogens (tertiary/aromatic N) is 2. The number of halogens is 1. The Morgan fingerprint density at radius 3 is 2.27 bits per heavy atom. The summed E-state index contributed by atoms with van der Waals surface area (Å²) in [5.41, 5.74) is 4.13. The van der Waals surface area contributed by atoms with Crippen LogP contribution in [-0.4, -0.2) is 26.1 Å². The number of hydrogen-bond acceptors (Lipinski definition) is 3. The Balaban J connectivity index is 2.02. The molecule has 2 aromatic carbocycles. The van der Waals surface area contributed by atoms with Crippen molar-refractivity contribution in [1.82, 2.24) is 9.78 Å². The van der Waals surface area contributed by atoms with E-state index < -0.39 is 12.2 Å². The molecule has 3 rings (SSSR count). The first kappa shape index (κ1) is 18.3. The van der Waals surface area contributed by atoms with Crippen LogP contribution in [0.3, 0.4) is 0 Å². The number of rotatable bonds is 6. The van der Waals surface area contributed by atoms with Gasteiger partial charge in [0.15, 0.2) is 0 Å². The summed E-state index contributed by atoms with van der Waals surface area (Å²) in [4.78, 5) is 0. The van der Waals surface area contributed by atoms with Gasteiger partial charge in [0, 0.05) is 5.56 Å². The van der Waals surface area contributed by atoms with Crippen molar-refractivity contribution >= 4 is 0 Å². The molecule has 1 aromatic heterocycles. The van der Waals surface area contributed by atoms with Gasteiger partial charge < -0.3 is 10.2 Å². The van der Waals surface area contributed by atoms with Gasteiger partial charge in [0.2, 0.25) is 0 Å².